The number of aromatic nitrogens is 2. The SMILES string of the molecule is CCCCCc1nc(-c2ccc(Cl)cc2)cc(=O)n1CC(=O)C[C@@H](CO)Cc1ccccc1. The summed E-state index contributed by atoms with van der Waals surface area (Å²) in [5.41, 5.74) is 2.24. The smallest absolute Gasteiger partial charge is 0.254 e. The molecule has 0 spiro atoms. The van der Waals surface area contributed by atoms with E-state index in [1.165, 1.54) is 10.6 Å². The molecule has 1 heterocycles. The normalized spacial score (nSPS) is 12.0. The fourth-order valence-corrected chi connectivity index (χ4v) is 4.05. The second kappa shape index (κ2) is 12.5. The van der Waals surface area contributed by atoms with Gasteiger partial charge in [0.05, 0.1) is 12.2 Å². The van der Waals surface area contributed by atoms with Gasteiger partial charge in [-0.1, -0.05) is 73.8 Å². The van der Waals surface area contributed by atoms with Crippen molar-refractivity contribution in [2.45, 2.75) is 52.0 Å². The third kappa shape index (κ3) is 7.37. The number of ketones is 1. The van der Waals surface area contributed by atoms with Gasteiger partial charge in [0.2, 0.25) is 0 Å². The average molecular weight is 467 g/mol. The maximum absolute atomic E-state index is 13.0. The molecule has 3 rings (SSSR count). The highest BCUT2D eigenvalue weighted by Crippen LogP contribution is 2.20. The molecular formula is C27H31ClN2O3. The number of aryl methyl sites for hydroxylation is 1. The van der Waals surface area contributed by atoms with Crippen molar-refractivity contribution in [3.63, 3.8) is 0 Å². The van der Waals surface area contributed by atoms with Crippen molar-refractivity contribution in [2.75, 3.05) is 6.61 Å². The van der Waals surface area contributed by atoms with E-state index in [1.807, 2.05) is 42.5 Å². The number of hydrogen-bond acceptors (Lipinski definition) is 4. The van der Waals surface area contributed by atoms with Crippen LogP contribution >= 0.6 is 11.6 Å². The third-order valence-electron chi connectivity index (χ3n) is 5.71. The van der Waals surface area contributed by atoms with Crippen molar-refractivity contribution in [3.8, 4) is 11.3 Å². The van der Waals surface area contributed by atoms with Crippen LogP contribution in [-0.2, 0) is 24.2 Å². The minimum Gasteiger partial charge on any atom is -0.396 e. The molecule has 0 fully saturated rings. The lowest BCUT2D eigenvalue weighted by atomic mass is 9.95. The van der Waals surface area contributed by atoms with Crippen LogP contribution < -0.4 is 5.56 Å². The summed E-state index contributed by atoms with van der Waals surface area (Å²) < 4.78 is 1.49. The molecule has 0 saturated heterocycles. The van der Waals surface area contributed by atoms with Crippen LogP contribution in [0.15, 0.2) is 65.5 Å². The number of benzene rings is 2. The molecule has 0 bridgehead atoms. The summed E-state index contributed by atoms with van der Waals surface area (Å²) in [6.45, 7) is 2.02. The van der Waals surface area contributed by atoms with Crippen molar-refractivity contribution in [1.82, 2.24) is 9.55 Å². The number of carbonyl (C=O) groups excluding carboxylic acids is 1. The van der Waals surface area contributed by atoms with Gasteiger partial charge in [-0.25, -0.2) is 4.98 Å². The van der Waals surface area contributed by atoms with Gasteiger partial charge >= 0.3 is 0 Å². The number of Topliss-reactive ketones (excluding diaryl/α,β-unsaturated/α-hetero) is 1. The minimum atomic E-state index is -0.238. The van der Waals surface area contributed by atoms with Crippen molar-refractivity contribution in [3.05, 3.63) is 87.4 Å². The Bertz CT molecular complexity index is 1090. The molecule has 1 aromatic heterocycles. The molecule has 0 radical (unpaired) electrons. The minimum absolute atomic E-state index is 0.0283. The molecule has 3 aromatic rings. The van der Waals surface area contributed by atoms with Crippen LogP contribution in [0.3, 0.4) is 0 Å². The van der Waals surface area contributed by atoms with Gasteiger partial charge in [-0.05, 0) is 36.5 Å². The van der Waals surface area contributed by atoms with Crippen LogP contribution in [0, 0.1) is 5.92 Å². The second-order valence-electron chi connectivity index (χ2n) is 8.43. The maximum atomic E-state index is 13.0. The summed E-state index contributed by atoms with van der Waals surface area (Å²) in [4.78, 5) is 30.6. The molecule has 2 aromatic carbocycles. The third-order valence-corrected chi connectivity index (χ3v) is 5.96. The first-order valence-electron chi connectivity index (χ1n) is 11.5. The number of aliphatic hydroxyl groups is 1. The molecule has 6 heteroatoms. The molecular weight excluding hydrogens is 436 g/mol. The van der Waals surface area contributed by atoms with E-state index in [-0.39, 0.29) is 36.8 Å². The molecule has 33 heavy (non-hydrogen) atoms. The Kier molecular flexibility index (Phi) is 9.40. The quantitative estimate of drug-likeness (QED) is 0.376. The van der Waals surface area contributed by atoms with Crippen molar-refractivity contribution >= 4 is 17.4 Å². The summed E-state index contributed by atoms with van der Waals surface area (Å²) in [6, 6.07) is 18.5. The lowest BCUT2D eigenvalue weighted by molar-refractivity contribution is -0.121. The Balaban J connectivity index is 1.80. The van der Waals surface area contributed by atoms with Crippen LogP contribution in [0.25, 0.3) is 11.3 Å². The fraction of sp³-hybridized carbons (Fsp3) is 0.370. The highest BCUT2D eigenvalue weighted by Gasteiger charge is 2.17. The molecule has 1 N–H and O–H groups in total. The number of rotatable bonds is 12. The Morgan fingerprint density at radius 3 is 2.48 bits per heavy atom. The van der Waals surface area contributed by atoms with Crippen LogP contribution in [0.2, 0.25) is 5.02 Å². The topological polar surface area (TPSA) is 72.2 Å². The number of carbonyl (C=O) groups is 1. The lowest BCUT2D eigenvalue weighted by Gasteiger charge is -2.16. The van der Waals surface area contributed by atoms with E-state index in [1.54, 1.807) is 12.1 Å². The van der Waals surface area contributed by atoms with Gasteiger partial charge < -0.3 is 5.11 Å². The number of halogens is 1. The van der Waals surface area contributed by atoms with Gasteiger partial charge in [0.25, 0.3) is 5.56 Å². The van der Waals surface area contributed by atoms with Gasteiger partial charge in [0, 0.05) is 36.1 Å². The number of aliphatic hydroxyl groups excluding tert-OH is 1. The first kappa shape index (κ1) is 24.9. The fourth-order valence-electron chi connectivity index (χ4n) is 3.93. The van der Waals surface area contributed by atoms with Gasteiger partial charge in [-0.15, -0.1) is 0 Å². The Morgan fingerprint density at radius 1 is 1.09 bits per heavy atom. The van der Waals surface area contributed by atoms with Crippen molar-refractivity contribution in [1.29, 1.82) is 0 Å². The van der Waals surface area contributed by atoms with Crippen molar-refractivity contribution in [2.24, 2.45) is 5.92 Å². The predicted octanol–water partition coefficient (Wildman–Crippen LogP) is 5.11. The Hall–Kier alpha value is -2.76. The van der Waals surface area contributed by atoms with E-state index in [0.29, 0.717) is 29.4 Å². The predicted molar refractivity (Wildman–Crippen MR) is 133 cm³/mol. The molecule has 0 aliphatic heterocycles. The first-order valence-corrected chi connectivity index (χ1v) is 11.9. The summed E-state index contributed by atoms with van der Waals surface area (Å²) in [6.07, 6.45) is 4.44. The summed E-state index contributed by atoms with van der Waals surface area (Å²) in [7, 11) is 0. The zero-order chi connectivity index (χ0) is 23.6. The van der Waals surface area contributed by atoms with Crippen LogP contribution in [-0.4, -0.2) is 27.0 Å². The second-order valence-corrected chi connectivity index (χ2v) is 8.86. The molecule has 0 amide bonds. The lowest BCUT2D eigenvalue weighted by Crippen LogP contribution is -2.29. The summed E-state index contributed by atoms with van der Waals surface area (Å²) in [5.74, 6) is 0.364. The molecule has 5 nitrogen and oxygen atoms in total. The van der Waals surface area contributed by atoms with Crippen molar-refractivity contribution < 1.29 is 9.90 Å². The summed E-state index contributed by atoms with van der Waals surface area (Å²) >= 11 is 5.99. The van der Waals surface area contributed by atoms with Gasteiger partial charge in [-0.2, -0.15) is 0 Å². The number of hydrogen-bond donors (Lipinski definition) is 1. The zero-order valence-corrected chi connectivity index (χ0v) is 19.8. The maximum Gasteiger partial charge on any atom is 0.254 e. The van der Waals surface area contributed by atoms with Crippen LogP contribution in [0.1, 0.15) is 44.0 Å². The summed E-state index contributed by atoms with van der Waals surface area (Å²) in [5, 5.41) is 10.4. The molecule has 174 valence electrons. The highest BCUT2D eigenvalue weighted by molar-refractivity contribution is 6.30. The average Bonchev–Trinajstić information content (AvgIpc) is 2.81. The Morgan fingerprint density at radius 2 is 1.82 bits per heavy atom. The van der Waals surface area contributed by atoms with E-state index < -0.39 is 0 Å². The number of nitrogens with zero attached hydrogens (tertiary/aromatic N) is 2. The monoisotopic (exact) mass is 466 g/mol. The van der Waals surface area contributed by atoms with Gasteiger partial charge in [-0.3, -0.25) is 14.2 Å². The van der Waals surface area contributed by atoms with E-state index >= 15 is 0 Å². The van der Waals surface area contributed by atoms with Crippen LogP contribution in [0.5, 0.6) is 0 Å². The standard InChI is InChI=1S/C27H31ClN2O3/c1-2-3-5-10-26-29-25(22-11-13-23(28)14-12-22)17-27(33)30(26)18-24(32)16-21(19-31)15-20-8-6-4-7-9-20/h4,6-9,11-14,17,21,31H,2-3,5,10,15-16,18-19H2,1H3/t21-/m0/s1. The van der Waals surface area contributed by atoms with Gasteiger partial charge in [0.1, 0.15) is 5.82 Å². The van der Waals surface area contributed by atoms with Gasteiger partial charge in [0.15, 0.2) is 5.78 Å². The molecule has 0 aliphatic rings. The zero-order valence-electron chi connectivity index (χ0n) is 19.0. The Labute approximate surface area is 200 Å². The molecule has 0 unspecified atom stereocenters. The van der Waals surface area contributed by atoms with E-state index in [2.05, 4.69) is 6.92 Å². The van der Waals surface area contributed by atoms with E-state index in [0.717, 1.165) is 30.4 Å². The molecule has 1 atom stereocenters. The molecule has 0 saturated carbocycles. The number of unbranched alkanes of at least 4 members (excludes halogenated alkanes) is 2. The van der Waals surface area contributed by atoms with E-state index in [9.17, 15) is 14.7 Å². The highest BCUT2D eigenvalue weighted by atomic mass is 35.5. The first-order chi connectivity index (χ1) is 16.0. The van der Waals surface area contributed by atoms with Crippen LogP contribution in [0.4, 0.5) is 0 Å². The molecule has 0 aliphatic carbocycles. The largest absolute Gasteiger partial charge is 0.396 e. The van der Waals surface area contributed by atoms with E-state index in [4.69, 9.17) is 16.6 Å².